The van der Waals surface area contributed by atoms with Gasteiger partial charge in [-0.25, -0.2) is 4.90 Å². The van der Waals surface area contributed by atoms with Crippen LogP contribution in [0.25, 0.3) is 5.57 Å². The maximum atomic E-state index is 13.5. The standard InChI is InChI=1S/C25H21ClN2O4/c1-3-32-19-12-9-16(10-13-19)22-23(27-20-15-17(26)11-14-21(20)31-2)25(30)28(24(22)29)18-7-5-4-6-8-18/h4-15,27H,3H2,1-2H3. The van der Waals surface area contributed by atoms with E-state index in [-0.39, 0.29) is 11.3 Å². The first-order chi connectivity index (χ1) is 15.5. The van der Waals surface area contributed by atoms with Gasteiger partial charge >= 0.3 is 0 Å². The zero-order chi connectivity index (χ0) is 22.7. The molecule has 1 aliphatic heterocycles. The van der Waals surface area contributed by atoms with Crippen LogP contribution in [-0.4, -0.2) is 25.5 Å². The molecule has 6 nitrogen and oxygen atoms in total. The van der Waals surface area contributed by atoms with Crippen LogP contribution >= 0.6 is 11.6 Å². The second kappa shape index (κ2) is 9.16. The summed E-state index contributed by atoms with van der Waals surface area (Å²) in [6.07, 6.45) is 0. The van der Waals surface area contributed by atoms with Crippen molar-refractivity contribution in [2.75, 3.05) is 23.9 Å². The number of anilines is 2. The van der Waals surface area contributed by atoms with Crippen LogP contribution in [0.3, 0.4) is 0 Å². The molecule has 2 amide bonds. The fourth-order valence-corrected chi connectivity index (χ4v) is 3.69. The minimum Gasteiger partial charge on any atom is -0.495 e. The normalized spacial score (nSPS) is 13.5. The van der Waals surface area contributed by atoms with Crippen LogP contribution in [0.5, 0.6) is 11.5 Å². The van der Waals surface area contributed by atoms with Gasteiger partial charge in [-0.05, 0) is 55.0 Å². The summed E-state index contributed by atoms with van der Waals surface area (Å²) in [5, 5.41) is 3.56. The van der Waals surface area contributed by atoms with Gasteiger partial charge in [-0.2, -0.15) is 0 Å². The van der Waals surface area contributed by atoms with E-state index < -0.39 is 11.8 Å². The van der Waals surface area contributed by atoms with E-state index in [2.05, 4.69) is 5.32 Å². The third kappa shape index (κ3) is 4.05. The molecule has 32 heavy (non-hydrogen) atoms. The lowest BCUT2D eigenvalue weighted by molar-refractivity contribution is -0.120. The first-order valence-electron chi connectivity index (χ1n) is 10.1. The number of rotatable bonds is 7. The Hall–Kier alpha value is -3.77. The Kier molecular flexibility index (Phi) is 6.14. The number of hydrogen-bond acceptors (Lipinski definition) is 5. The maximum absolute atomic E-state index is 13.5. The second-order valence-corrected chi connectivity index (χ2v) is 7.39. The number of carbonyl (C=O) groups excluding carboxylic acids is 2. The minimum absolute atomic E-state index is 0.142. The number of hydrogen-bond donors (Lipinski definition) is 1. The third-order valence-corrected chi connectivity index (χ3v) is 5.21. The molecule has 0 bridgehead atoms. The predicted octanol–water partition coefficient (Wildman–Crippen LogP) is 5.14. The number of amides is 2. The van der Waals surface area contributed by atoms with Crippen molar-refractivity contribution >= 4 is 40.4 Å². The Balaban J connectivity index is 1.82. The van der Waals surface area contributed by atoms with E-state index in [0.29, 0.717) is 40.1 Å². The van der Waals surface area contributed by atoms with Crippen LogP contribution in [-0.2, 0) is 9.59 Å². The van der Waals surface area contributed by atoms with E-state index >= 15 is 0 Å². The molecule has 0 radical (unpaired) electrons. The maximum Gasteiger partial charge on any atom is 0.282 e. The number of carbonyl (C=O) groups is 2. The van der Waals surface area contributed by atoms with Crippen molar-refractivity contribution in [3.8, 4) is 11.5 Å². The molecule has 0 atom stereocenters. The largest absolute Gasteiger partial charge is 0.495 e. The number of para-hydroxylation sites is 1. The van der Waals surface area contributed by atoms with Crippen molar-refractivity contribution in [3.05, 3.63) is 89.1 Å². The number of methoxy groups -OCH3 is 1. The highest BCUT2D eigenvalue weighted by Crippen LogP contribution is 2.36. The molecule has 0 fully saturated rings. The van der Waals surface area contributed by atoms with Crippen molar-refractivity contribution in [2.45, 2.75) is 6.92 Å². The van der Waals surface area contributed by atoms with Crippen molar-refractivity contribution in [1.29, 1.82) is 0 Å². The van der Waals surface area contributed by atoms with Crippen molar-refractivity contribution in [3.63, 3.8) is 0 Å². The van der Waals surface area contributed by atoms with Crippen LogP contribution in [0.15, 0.2) is 78.5 Å². The number of imide groups is 1. The molecule has 3 aromatic carbocycles. The molecule has 4 rings (SSSR count). The lowest BCUT2D eigenvalue weighted by Gasteiger charge is -2.16. The summed E-state index contributed by atoms with van der Waals surface area (Å²) >= 11 is 6.16. The van der Waals surface area contributed by atoms with Gasteiger partial charge in [-0.3, -0.25) is 9.59 Å². The van der Waals surface area contributed by atoms with Gasteiger partial charge in [0.2, 0.25) is 0 Å². The first kappa shape index (κ1) is 21.5. The van der Waals surface area contributed by atoms with Gasteiger partial charge in [-0.1, -0.05) is 41.9 Å². The second-order valence-electron chi connectivity index (χ2n) is 6.96. The molecular formula is C25H21ClN2O4. The molecule has 0 aliphatic carbocycles. The summed E-state index contributed by atoms with van der Waals surface area (Å²) in [6.45, 7) is 2.43. The van der Waals surface area contributed by atoms with E-state index in [9.17, 15) is 9.59 Å². The lowest BCUT2D eigenvalue weighted by Crippen LogP contribution is -2.32. The molecule has 7 heteroatoms. The van der Waals surface area contributed by atoms with Crippen molar-refractivity contribution in [2.24, 2.45) is 0 Å². The Morgan fingerprint density at radius 2 is 1.66 bits per heavy atom. The smallest absolute Gasteiger partial charge is 0.282 e. The zero-order valence-electron chi connectivity index (χ0n) is 17.6. The molecule has 0 spiro atoms. The molecule has 0 saturated carbocycles. The minimum atomic E-state index is -0.466. The fourth-order valence-electron chi connectivity index (χ4n) is 3.52. The average molecular weight is 449 g/mol. The lowest BCUT2D eigenvalue weighted by atomic mass is 10.0. The molecule has 0 unspecified atom stereocenters. The highest BCUT2D eigenvalue weighted by molar-refractivity contribution is 6.46. The molecular weight excluding hydrogens is 428 g/mol. The average Bonchev–Trinajstić information content (AvgIpc) is 3.04. The van der Waals surface area contributed by atoms with E-state index in [1.165, 1.54) is 7.11 Å². The predicted molar refractivity (Wildman–Crippen MR) is 125 cm³/mol. The van der Waals surface area contributed by atoms with E-state index in [1.54, 1.807) is 66.7 Å². The summed E-state index contributed by atoms with van der Waals surface area (Å²) in [5.74, 6) is 0.284. The quantitative estimate of drug-likeness (QED) is 0.506. The van der Waals surface area contributed by atoms with Gasteiger partial charge in [0, 0.05) is 5.02 Å². The highest BCUT2D eigenvalue weighted by Gasteiger charge is 2.40. The SMILES string of the molecule is CCOc1ccc(C2=C(Nc3cc(Cl)ccc3OC)C(=O)N(c3ccccc3)C2=O)cc1. The van der Waals surface area contributed by atoms with Gasteiger partial charge in [0.15, 0.2) is 0 Å². The van der Waals surface area contributed by atoms with Crippen LogP contribution in [0.4, 0.5) is 11.4 Å². The summed E-state index contributed by atoms with van der Waals surface area (Å²) in [5.41, 5.74) is 1.96. The summed E-state index contributed by atoms with van der Waals surface area (Å²) < 4.78 is 10.9. The summed E-state index contributed by atoms with van der Waals surface area (Å²) in [6, 6.07) is 20.9. The summed E-state index contributed by atoms with van der Waals surface area (Å²) in [7, 11) is 1.52. The molecule has 3 aromatic rings. The topological polar surface area (TPSA) is 67.9 Å². The van der Waals surface area contributed by atoms with Crippen LogP contribution in [0.2, 0.25) is 5.02 Å². The monoisotopic (exact) mass is 448 g/mol. The van der Waals surface area contributed by atoms with Gasteiger partial charge in [0.1, 0.15) is 17.2 Å². The van der Waals surface area contributed by atoms with Crippen molar-refractivity contribution < 1.29 is 19.1 Å². The molecule has 0 saturated heterocycles. The summed E-state index contributed by atoms with van der Waals surface area (Å²) in [4.78, 5) is 28.1. The fraction of sp³-hybridized carbons (Fsp3) is 0.120. The molecule has 162 valence electrons. The zero-order valence-corrected chi connectivity index (χ0v) is 18.3. The van der Waals surface area contributed by atoms with Crippen LogP contribution in [0.1, 0.15) is 12.5 Å². The van der Waals surface area contributed by atoms with Gasteiger partial charge in [0.05, 0.1) is 30.7 Å². The molecule has 1 heterocycles. The Morgan fingerprint density at radius 1 is 0.938 bits per heavy atom. The van der Waals surface area contributed by atoms with E-state index in [4.69, 9.17) is 21.1 Å². The number of halogens is 1. The van der Waals surface area contributed by atoms with Crippen LogP contribution < -0.4 is 19.7 Å². The van der Waals surface area contributed by atoms with E-state index in [1.807, 2.05) is 13.0 Å². The molecule has 0 aromatic heterocycles. The van der Waals surface area contributed by atoms with Gasteiger partial charge in [0.25, 0.3) is 11.8 Å². The molecule has 1 aliphatic rings. The highest BCUT2D eigenvalue weighted by atomic mass is 35.5. The first-order valence-corrected chi connectivity index (χ1v) is 10.4. The molecule has 1 N–H and O–H groups in total. The third-order valence-electron chi connectivity index (χ3n) is 4.97. The Bertz CT molecular complexity index is 1190. The van der Waals surface area contributed by atoms with Gasteiger partial charge < -0.3 is 14.8 Å². The van der Waals surface area contributed by atoms with Crippen molar-refractivity contribution in [1.82, 2.24) is 0 Å². The van der Waals surface area contributed by atoms with E-state index in [0.717, 1.165) is 4.90 Å². The van der Waals surface area contributed by atoms with Crippen LogP contribution in [0, 0.1) is 0 Å². The Labute approximate surface area is 191 Å². The number of nitrogens with zero attached hydrogens (tertiary/aromatic N) is 1. The Morgan fingerprint density at radius 3 is 2.31 bits per heavy atom. The van der Waals surface area contributed by atoms with Gasteiger partial charge in [-0.15, -0.1) is 0 Å². The number of ether oxygens (including phenoxy) is 2. The number of benzene rings is 3. The number of nitrogens with one attached hydrogen (secondary N) is 1.